The lowest BCUT2D eigenvalue weighted by molar-refractivity contribution is -0.135. The summed E-state index contributed by atoms with van der Waals surface area (Å²) in [6.45, 7) is 1.63. The van der Waals surface area contributed by atoms with Crippen LogP contribution in [0, 0.1) is 18.3 Å². The number of likely N-dealkylation sites (N-methyl/N-ethyl adjacent to an activating group) is 1. The third kappa shape index (κ3) is 5.36. The number of carbonyl (C=O) groups excluding carboxylic acids is 2. The quantitative estimate of drug-likeness (QED) is 0.877. The predicted octanol–water partition coefficient (Wildman–Crippen LogP) is 2.34. The van der Waals surface area contributed by atoms with E-state index in [-0.39, 0.29) is 25.0 Å². The van der Waals surface area contributed by atoms with Crippen LogP contribution in [0.1, 0.15) is 11.1 Å². The van der Waals surface area contributed by atoms with Gasteiger partial charge in [0.2, 0.25) is 5.91 Å². The summed E-state index contributed by atoms with van der Waals surface area (Å²) in [7, 11) is 1.52. The van der Waals surface area contributed by atoms with E-state index < -0.39 is 0 Å². The van der Waals surface area contributed by atoms with Crippen LogP contribution in [0.4, 0.5) is 5.69 Å². The van der Waals surface area contributed by atoms with Gasteiger partial charge in [-0.15, -0.1) is 0 Å². The fourth-order valence-corrected chi connectivity index (χ4v) is 2.08. The van der Waals surface area contributed by atoms with E-state index in [1.807, 2.05) is 25.1 Å². The maximum Gasteiger partial charge on any atom is 0.260 e. The number of para-hydroxylation sites is 1. The minimum Gasteiger partial charge on any atom is -0.482 e. The smallest absolute Gasteiger partial charge is 0.260 e. The zero-order valence-electron chi connectivity index (χ0n) is 14.2. The highest BCUT2D eigenvalue weighted by Gasteiger charge is 2.14. The Morgan fingerprint density at radius 3 is 2.52 bits per heavy atom. The molecule has 6 nitrogen and oxygen atoms in total. The highest BCUT2D eigenvalue weighted by Crippen LogP contribution is 2.16. The minimum atomic E-state index is -0.355. The number of hydrogen-bond acceptors (Lipinski definition) is 4. The SMILES string of the molecule is Cc1ccc(NC(=O)CN(C)C(=O)COc2ccccc2C#N)cc1. The normalized spacial score (nSPS) is 9.80. The second kappa shape index (κ2) is 8.50. The molecule has 0 aromatic heterocycles. The van der Waals surface area contributed by atoms with Crippen molar-refractivity contribution in [1.29, 1.82) is 5.26 Å². The molecule has 2 aromatic rings. The van der Waals surface area contributed by atoms with Gasteiger partial charge in [-0.1, -0.05) is 29.8 Å². The Morgan fingerprint density at radius 2 is 1.84 bits per heavy atom. The van der Waals surface area contributed by atoms with Gasteiger partial charge < -0.3 is 15.0 Å². The lowest BCUT2D eigenvalue weighted by atomic mass is 10.2. The highest BCUT2D eigenvalue weighted by atomic mass is 16.5. The van der Waals surface area contributed by atoms with Gasteiger partial charge in [0, 0.05) is 12.7 Å². The van der Waals surface area contributed by atoms with Crippen molar-refractivity contribution in [1.82, 2.24) is 4.90 Å². The van der Waals surface area contributed by atoms with Gasteiger partial charge in [-0.05, 0) is 31.2 Å². The van der Waals surface area contributed by atoms with Gasteiger partial charge in [-0.25, -0.2) is 0 Å². The Balaban J connectivity index is 1.84. The van der Waals surface area contributed by atoms with Crippen LogP contribution in [-0.2, 0) is 9.59 Å². The number of carbonyl (C=O) groups is 2. The molecule has 0 atom stereocenters. The standard InChI is InChI=1S/C19H19N3O3/c1-14-7-9-16(10-8-14)21-18(23)12-22(2)19(24)13-25-17-6-4-3-5-15(17)11-20/h3-10H,12-13H2,1-2H3,(H,21,23). The second-order valence-electron chi connectivity index (χ2n) is 5.56. The fraction of sp³-hybridized carbons (Fsp3) is 0.211. The molecule has 0 bridgehead atoms. The van der Waals surface area contributed by atoms with E-state index in [1.165, 1.54) is 11.9 Å². The summed E-state index contributed by atoms with van der Waals surface area (Å²) in [4.78, 5) is 25.4. The molecule has 0 radical (unpaired) electrons. The van der Waals surface area contributed by atoms with E-state index in [0.717, 1.165) is 5.56 Å². The molecule has 128 valence electrons. The van der Waals surface area contributed by atoms with Crippen LogP contribution in [0.15, 0.2) is 48.5 Å². The Hall–Kier alpha value is -3.33. The summed E-state index contributed by atoms with van der Waals surface area (Å²) < 4.78 is 5.38. The van der Waals surface area contributed by atoms with Crippen molar-refractivity contribution in [2.24, 2.45) is 0 Å². The largest absolute Gasteiger partial charge is 0.482 e. The number of hydrogen-bond donors (Lipinski definition) is 1. The van der Waals surface area contributed by atoms with Crippen LogP contribution >= 0.6 is 0 Å². The summed E-state index contributed by atoms with van der Waals surface area (Å²) in [5, 5.41) is 11.7. The topological polar surface area (TPSA) is 82.4 Å². The van der Waals surface area contributed by atoms with Gasteiger partial charge in [0.25, 0.3) is 5.91 Å². The van der Waals surface area contributed by atoms with E-state index in [2.05, 4.69) is 5.32 Å². The number of nitriles is 1. The molecule has 2 rings (SSSR count). The van der Waals surface area contributed by atoms with Gasteiger partial charge in [0.15, 0.2) is 6.61 Å². The van der Waals surface area contributed by atoms with Crippen LogP contribution in [-0.4, -0.2) is 36.9 Å². The molecule has 0 aliphatic carbocycles. The first-order valence-corrected chi connectivity index (χ1v) is 7.72. The number of aryl methyl sites for hydroxylation is 1. The number of nitrogens with one attached hydrogen (secondary N) is 1. The summed E-state index contributed by atoms with van der Waals surface area (Å²) in [6.07, 6.45) is 0. The Labute approximate surface area is 146 Å². The van der Waals surface area contributed by atoms with Crippen molar-refractivity contribution >= 4 is 17.5 Å². The Bertz CT molecular complexity index is 794. The van der Waals surface area contributed by atoms with Crippen LogP contribution in [0.2, 0.25) is 0 Å². The molecule has 0 aliphatic rings. The average Bonchev–Trinajstić information content (AvgIpc) is 2.61. The third-order valence-corrected chi connectivity index (χ3v) is 3.50. The van der Waals surface area contributed by atoms with Gasteiger partial charge in [0.05, 0.1) is 12.1 Å². The number of nitrogens with zero attached hydrogens (tertiary/aromatic N) is 2. The van der Waals surface area contributed by atoms with Gasteiger partial charge in [-0.2, -0.15) is 5.26 Å². The lowest BCUT2D eigenvalue weighted by Gasteiger charge is -2.17. The highest BCUT2D eigenvalue weighted by molar-refractivity contribution is 5.94. The summed E-state index contributed by atoms with van der Waals surface area (Å²) in [6, 6.07) is 16.1. The first-order chi connectivity index (χ1) is 12.0. The molecule has 2 aromatic carbocycles. The molecule has 0 fully saturated rings. The van der Waals surface area contributed by atoms with Crippen molar-refractivity contribution < 1.29 is 14.3 Å². The lowest BCUT2D eigenvalue weighted by Crippen LogP contribution is -2.37. The number of rotatable bonds is 6. The van der Waals surface area contributed by atoms with Crippen molar-refractivity contribution in [3.8, 4) is 11.8 Å². The summed E-state index contributed by atoms with van der Waals surface area (Å²) >= 11 is 0. The second-order valence-corrected chi connectivity index (χ2v) is 5.56. The molecule has 0 unspecified atom stereocenters. The maximum atomic E-state index is 12.1. The number of anilines is 1. The number of amides is 2. The fourth-order valence-electron chi connectivity index (χ4n) is 2.08. The molecule has 6 heteroatoms. The third-order valence-electron chi connectivity index (χ3n) is 3.50. The van der Waals surface area contributed by atoms with Gasteiger partial charge in [0.1, 0.15) is 11.8 Å². The van der Waals surface area contributed by atoms with Gasteiger partial charge >= 0.3 is 0 Å². The van der Waals surface area contributed by atoms with Crippen LogP contribution < -0.4 is 10.1 Å². The van der Waals surface area contributed by atoms with E-state index in [1.54, 1.807) is 36.4 Å². The maximum absolute atomic E-state index is 12.1. The molecule has 0 saturated carbocycles. The monoisotopic (exact) mass is 337 g/mol. The molecule has 25 heavy (non-hydrogen) atoms. The van der Waals surface area contributed by atoms with Crippen molar-refractivity contribution in [2.45, 2.75) is 6.92 Å². The van der Waals surface area contributed by atoms with Crippen molar-refractivity contribution in [3.05, 3.63) is 59.7 Å². The minimum absolute atomic E-state index is 0.0873. The molecular formula is C19H19N3O3. The zero-order chi connectivity index (χ0) is 18.2. The molecular weight excluding hydrogens is 318 g/mol. The Kier molecular flexibility index (Phi) is 6.13. The first kappa shape index (κ1) is 18.0. The van der Waals surface area contributed by atoms with E-state index in [4.69, 9.17) is 10.00 Å². The molecule has 1 N–H and O–H groups in total. The van der Waals surface area contributed by atoms with E-state index in [0.29, 0.717) is 17.0 Å². The van der Waals surface area contributed by atoms with Crippen LogP contribution in [0.3, 0.4) is 0 Å². The summed E-state index contributed by atoms with van der Waals surface area (Å²) in [5.74, 6) is -0.306. The van der Waals surface area contributed by atoms with E-state index >= 15 is 0 Å². The van der Waals surface area contributed by atoms with Crippen LogP contribution in [0.5, 0.6) is 5.75 Å². The number of ether oxygens (including phenoxy) is 1. The zero-order valence-corrected chi connectivity index (χ0v) is 14.2. The molecule has 0 saturated heterocycles. The molecule has 0 spiro atoms. The van der Waals surface area contributed by atoms with E-state index in [9.17, 15) is 9.59 Å². The predicted molar refractivity (Wildman–Crippen MR) is 94.1 cm³/mol. The summed E-state index contributed by atoms with van der Waals surface area (Å²) in [5.41, 5.74) is 2.13. The molecule has 2 amide bonds. The average molecular weight is 337 g/mol. The van der Waals surface area contributed by atoms with Crippen molar-refractivity contribution in [3.63, 3.8) is 0 Å². The Morgan fingerprint density at radius 1 is 1.16 bits per heavy atom. The van der Waals surface area contributed by atoms with Crippen LogP contribution in [0.25, 0.3) is 0 Å². The number of benzene rings is 2. The molecule has 0 aliphatic heterocycles. The van der Waals surface area contributed by atoms with Crippen molar-refractivity contribution in [2.75, 3.05) is 25.5 Å². The molecule has 0 heterocycles. The first-order valence-electron chi connectivity index (χ1n) is 7.72. The van der Waals surface area contributed by atoms with Gasteiger partial charge in [-0.3, -0.25) is 9.59 Å².